The summed E-state index contributed by atoms with van der Waals surface area (Å²) in [7, 11) is 0. The van der Waals surface area contributed by atoms with E-state index in [0.29, 0.717) is 12.8 Å². The van der Waals surface area contributed by atoms with Crippen LogP contribution in [0, 0.1) is 0 Å². The molecule has 0 spiro atoms. The van der Waals surface area contributed by atoms with Crippen molar-refractivity contribution in [3.63, 3.8) is 0 Å². The third kappa shape index (κ3) is 40.8. The number of hydrogen-bond acceptors (Lipinski definition) is 10. The van der Waals surface area contributed by atoms with Crippen molar-refractivity contribution in [1.29, 1.82) is 0 Å². The Hall–Kier alpha value is -3.94. The highest BCUT2D eigenvalue weighted by molar-refractivity contribution is 5.81. The fourth-order valence-corrected chi connectivity index (χ4v) is 8.55. The molecule has 11 heteroatoms. The van der Waals surface area contributed by atoms with Gasteiger partial charge in [0.2, 0.25) is 5.91 Å². The molecule has 1 saturated heterocycles. The molecule has 0 aliphatic carbocycles. The van der Waals surface area contributed by atoms with E-state index in [-0.39, 0.29) is 19.4 Å². The summed E-state index contributed by atoms with van der Waals surface area (Å²) in [5.74, 6) is -1.31. The van der Waals surface area contributed by atoms with Crippen molar-refractivity contribution in [2.75, 3.05) is 13.2 Å². The molecule has 8 atom stereocenters. The number of aliphatic hydroxyl groups excluding tert-OH is 5. The Bertz CT molecular complexity index is 1710. The minimum absolute atomic E-state index is 0.0501. The van der Waals surface area contributed by atoms with E-state index in [2.05, 4.69) is 117 Å². The Morgan fingerprint density at radius 1 is 0.519 bits per heavy atom. The highest BCUT2D eigenvalue weighted by Gasteiger charge is 2.47. The molecule has 6 N–H and O–H groups in total. The number of unbranched alkanes of at least 4 members (excludes halogenated alkanes) is 18. The summed E-state index contributed by atoms with van der Waals surface area (Å²) in [6, 6.07) is -1.08. The van der Waals surface area contributed by atoms with E-state index >= 15 is 0 Å². The molecule has 0 aromatic carbocycles. The van der Waals surface area contributed by atoms with Crippen molar-refractivity contribution in [3.05, 3.63) is 122 Å². The molecule has 1 fully saturated rings. The summed E-state index contributed by atoms with van der Waals surface area (Å²) in [4.78, 5) is 26.5. The molecule has 438 valence electrons. The van der Waals surface area contributed by atoms with Gasteiger partial charge in [0, 0.05) is 12.8 Å². The van der Waals surface area contributed by atoms with Crippen molar-refractivity contribution in [3.8, 4) is 0 Å². The largest absolute Gasteiger partial charge is 0.454 e. The smallest absolute Gasteiger partial charge is 0.306 e. The number of allylic oxidation sites excluding steroid dienone is 18. The third-order valence-electron chi connectivity index (χ3n) is 13.4. The topological polar surface area (TPSA) is 175 Å². The van der Waals surface area contributed by atoms with E-state index < -0.39 is 67.4 Å². The average molecular weight is 1080 g/mol. The summed E-state index contributed by atoms with van der Waals surface area (Å²) in [5, 5.41) is 56.8. The van der Waals surface area contributed by atoms with Gasteiger partial charge in [0.15, 0.2) is 12.4 Å². The number of carbonyl (C=O) groups is 2. The Morgan fingerprint density at radius 2 is 0.935 bits per heavy atom. The van der Waals surface area contributed by atoms with Crippen LogP contribution in [0.25, 0.3) is 0 Å². The second-order valence-corrected chi connectivity index (χ2v) is 20.4. The molecule has 0 bridgehead atoms. The van der Waals surface area contributed by atoms with Crippen LogP contribution in [0.2, 0.25) is 0 Å². The normalized spacial score (nSPS) is 19.9. The van der Waals surface area contributed by atoms with Crippen LogP contribution in [-0.2, 0) is 23.8 Å². The number of nitrogens with one attached hydrogen (secondary N) is 1. The fourth-order valence-electron chi connectivity index (χ4n) is 8.55. The van der Waals surface area contributed by atoms with Crippen LogP contribution >= 0.6 is 0 Å². The highest BCUT2D eigenvalue weighted by atomic mass is 16.7. The molecule has 0 radical (unpaired) electrons. The van der Waals surface area contributed by atoms with Crippen LogP contribution < -0.4 is 5.32 Å². The monoisotopic (exact) mass is 1080 g/mol. The van der Waals surface area contributed by atoms with E-state index in [1.807, 2.05) is 18.2 Å². The van der Waals surface area contributed by atoms with Crippen molar-refractivity contribution < 1.29 is 49.3 Å². The molecule has 0 aromatic rings. The fraction of sp³-hybridized carbons (Fsp3) is 0.667. The zero-order valence-corrected chi connectivity index (χ0v) is 48.3. The zero-order chi connectivity index (χ0) is 56.1. The maximum absolute atomic E-state index is 13.4. The van der Waals surface area contributed by atoms with Crippen molar-refractivity contribution in [2.24, 2.45) is 0 Å². The van der Waals surface area contributed by atoms with Crippen LogP contribution in [0.1, 0.15) is 220 Å². The first-order valence-corrected chi connectivity index (χ1v) is 30.3. The summed E-state index contributed by atoms with van der Waals surface area (Å²) in [6.45, 7) is 5.57. The maximum Gasteiger partial charge on any atom is 0.306 e. The number of rotatable bonds is 49. The number of carbonyl (C=O) groups excluding carboxylic acids is 2. The minimum atomic E-state index is -1.64. The number of esters is 1. The van der Waals surface area contributed by atoms with E-state index in [4.69, 9.17) is 14.2 Å². The average Bonchev–Trinajstić information content (AvgIpc) is 3.43. The lowest BCUT2D eigenvalue weighted by Gasteiger charge is -2.41. The van der Waals surface area contributed by atoms with E-state index in [1.165, 1.54) is 64.2 Å². The molecule has 0 aromatic heterocycles. The van der Waals surface area contributed by atoms with Crippen LogP contribution in [0.4, 0.5) is 0 Å². The van der Waals surface area contributed by atoms with Crippen molar-refractivity contribution in [1.82, 2.24) is 5.32 Å². The lowest BCUT2D eigenvalue weighted by molar-refractivity contribution is -0.305. The summed E-state index contributed by atoms with van der Waals surface area (Å²) in [6.07, 6.45) is 62.5. The molecule has 8 unspecified atom stereocenters. The zero-order valence-electron chi connectivity index (χ0n) is 48.3. The Balaban J connectivity index is 2.75. The molecular weight excluding hydrogens is 967 g/mol. The van der Waals surface area contributed by atoms with E-state index in [1.54, 1.807) is 12.2 Å². The molecule has 77 heavy (non-hydrogen) atoms. The van der Waals surface area contributed by atoms with E-state index in [9.17, 15) is 35.1 Å². The van der Waals surface area contributed by atoms with Crippen LogP contribution in [-0.4, -0.2) is 99.6 Å². The predicted octanol–water partition coefficient (Wildman–Crippen LogP) is 14.3. The maximum atomic E-state index is 13.4. The molecule has 11 nitrogen and oxygen atoms in total. The Kier molecular flexibility index (Phi) is 48.7. The molecule has 1 aliphatic heterocycles. The first kappa shape index (κ1) is 71.1. The van der Waals surface area contributed by atoms with Gasteiger partial charge in [-0.1, -0.05) is 232 Å². The van der Waals surface area contributed by atoms with Gasteiger partial charge in [0.1, 0.15) is 24.4 Å². The van der Waals surface area contributed by atoms with Gasteiger partial charge in [-0.3, -0.25) is 9.59 Å². The van der Waals surface area contributed by atoms with Gasteiger partial charge in [0.05, 0.1) is 25.4 Å². The number of ether oxygens (including phenoxy) is 3. The predicted molar refractivity (Wildman–Crippen MR) is 319 cm³/mol. The number of amides is 1. The van der Waals surface area contributed by atoms with Crippen LogP contribution in [0.15, 0.2) is 122 Å². The van der Waals surface area contributed by atoms with E-state index in [0.717, 1.165) is 109 Å². The second-order valence-electron chi connectivity index (χ2n) is 20.4. The molecular formula is C66H109NO10. The van der Waals surface area contributed by atoms with Gasteiger partial charge in [-0.15, -0.1) is 0 Å². The SMILES string of the molecule is CC/C=C\C/C=C\C/C=C\C/C=C\C/C=C\C/C=C\CC(O)C(=O)NC(COC1OC(CO)C(O)C(O)C1OC(=O)CCCCCCCC/C=C\C/C=C\C/C=C\CCCCC)C(O)/C=C/CCCCCCCCCCC. The Labute approximate surface area is 468 Å². The molecule has 1 rings (SSSR count). The quantitative estimate of drug-likeness (QED) is 0.0195. The van der Waals surface area contributed by atoms with Crippen LogP contribution in [0.5, 0.6) is 0 Å². The van der Waals surface area contributed by atoms with Gasteiger partial charge in [0.25, 0.3) is 0 Å². The van der Waals surface area contributed by atoms with Gasteiger partial charge in [-0.25, -0.2) is 0 Å². The van der Waals surface area contributed by atoms with Crippen molar-refractivity contribution in [2.45, 2.75) is 269 Å². The first-order chi connectivity index (χ1) is 37.7. The second kappa shape index (κ2) is 52.7. The van der Waals surface area contributed by atoms with Gasteiger partial charge in [-0.05, 0) is 96.3 Å². The van der Waals surface area contributed by atoms with Gasteiger partial charge < -0.3 is 45.1 Å². The van der Waals surface area contributed by atoms with Gasteiger partial charge >= 0.3 is 5.97 Å². The van der Waals surface area contributed by atoms with Crippen molar-refractivity contribution >= 4 is 11.9 Å². The number of hydrogen-bond donors (Lipinski definition) is 6. The lowest BCUT2D eigenvalue weighted by Crippen LogP contribution is -2.61. The molecule has 0 saturated carbocycles. The number of aliphatic hydroxyl groups is 5. The third-order valence-corrected chi connectivity index (χ3v) is 13.4. The standard InChI is InChI=1S/C66H109NO10/c1-4-7-10-13-16-19-22-24-26-28-30-32-34-36-39-42-45-48-51-54-61(71)77-64-63(73)62(72)60(55-68)76-66(64)75-56-57(58(69)52-49-46-43-40-37-21-18-15-12-9-6-3)67-65(74)59(70)53-50-47-44-41-38-35-33-31-29-27-25-23-20-17-14-11-8-5-2/h8,11,16-17,19-20,24-27,30-33,38,41,47,49-50,52,57-60,62-64,66,68-70,72-73H,4-7,9-10,12-15,18,21-23,28-29,34-37,39-40,42-46,48,51,53-56H2,1-3H3,(H,67,74)/b11-8-,19-16-,20-17-,26-24-,27-25-,32-30-,33-31-,41-38-,50-47-,52-49+. The summed E-state index contributed by atoms with van der Waals surface area (Å²) >= 11 is 0. The summed E-state index contributed by atoms with van der Waals surface area (Å²) < 4.78 is 17.5. The molecule has 1 amide bonds. The highest BCUT2D eigenvalue weighted by Crippen LogP contribution is 2.26. The van der Waals surface area contributed by atoms with Crippen LogP contribution in [0.3, 0.4) is 0 Å². The molecule has 1 heterocycles. The van der Waals surface area contributed by atoms with Gasteiger partial charge in [-0.2, -0.15) is 0 Å². The molecule has 1 aliphatic rings. The minimum Gasteiger partial charge on any atom is -0.454 e. The first-order valence-electron chi connectivity index (χ1n) is 30.3. The summed E-state index contributed by atoms with van der Waals surface area (Å²) in [5.41, 5.74) is 0. The Morgan fingerprint density at radius 3 is 1.43 bits per heavy atom. The lowest BCUT2D eigenvalue weighted by atomic mass is 9.99.